The fourth-order valence-electron chi connectivity index (χ4n) is 8.02. The van der Waals surface area contributed by atoms with Crippen LogP contribution in [-0.2, 0) is 19.1 Å². The first-order valence-corrected chi connectivity index (χ1v) is 30.2. The van der Waals surface area contributed by atoms with Crippen molar-refractivity contribution in [1.82, 2.24) is 4.90 Å². The summed E-state index contributed by atoms with van der Waals surface area (Å²) in [6, 6.07) is 0. The summed E-state index contributed by atoms with van der Waals surface area (Å²) in [4.78, 5) is 24.4. The van der Waals surface area contributed by atoms with Gasteiger partial charge < -0.3 is 24.3 Å². The van der Waals surface area contributed by atoms with Crippen molar-refractivity contribution in [2.24, 2.45) is 11.8 Å². The van der Waals surface area contributed by atoms with Gasteiger partial charge in [0.05, 0.1) is 13.2 Å². The maximum absolute atomic E-state index is 11.9. The van der Waals surface area contributed by atoms with Gasteiger partial charge >= 0.3 is 5.97 Å². The highest BCUT2D eigenvalue weighted by atomic mass is 16.5. The number of ether oxygens (including phenoxy) is 2. The second kappa shape index (κ2) is 74.0. The van der Waals surface area contributed by atoms with E-state index in [-0.39, 0.29) is 12.6 Å². The zero-order valence-corrected chi connectivity index (χ0v) is 48.3. The lowest BCUT2D eigenvalue weighted by Gasteiger charge is -2.20. The minimum atomic E-state index is -0.124. The van der Waals surface area contributed by atoms with E-state index in [1.165, 1.54) is 225 Å². The Morgan fingerprint density at radius 3 is 1.12 bits per heavy atom. The molecule has 6 nitrogen and oxygen atoms in total. The number of hydrogen-bond donors (Lipinski definition) is 1. The first-order chi connectivity index (χ1) is 32.8. The summed E-state index contributed by atoms with van der Waals surface area (Å²) < 4.78 is 10.5. The fourth-order valence-corrected chi connectivity index (χ4v) is 8.02. The van der Waals surface area contributed by atoms with E-state index in [0.29, 0.717) is 31.9 Å². The molecule has 2 atom stereocenters. The second-order valence-corrected chi connectivity index (χ2v) is 19.8. The van der Waals surface area contributed by atoms with Gasteiger partial charge in [-0.3, -0.25) is 4.79 Å². The topological polar surface area (TPSA) is 76.1 Å². The average Bonchev–Trinajstić information content (AvgIpc) is 3.34. The number of unbranched alkanes of at least 4 members (excludes halogenated alkanes) is 30. The number of rotatable bonds is 48. The third kappa shape index (κ3) is 79.4. The Labute approximate surface area is 424 Å². The molecule has 0 aromatic heterocycles. The molecular weight excluding hydrogens is 827 g/mol. The van der Waals surface area contributed by atoms with Crippen molar-refractivity contribution in [3.63, 3.8) is 0 Å². The zero-order chi connectivity index (χ0) is 51.0. The van der Waals surface area contributed by atoms with Crippen molar-refractivity contribution in [3.05, 3.63) is 0 Å². The van der Waals surface area contributed by atoms with Gasteiger partial charge in [-0.1, -0.05) is 288 Å². The molecular formula is C61H129NO5. The molecule has 0 aliphatic rings. The normalized spacial score (nSPS) is 11.5. The van der Waals surface area contributed by atoms with Crippen molar-refractivity contribution < 1.29 is 24.2 Å². The van der Waals surface area contributed by atoms with E-state index >= 15 is 0 Å². The number of aliphatic hydroxyl groups is 1. The number of methoxy groups -OCH3 is 1. The number of hydrogen-bond acceptors (Lipinski definition) is 6. The standard InChI is InChI=1S/C24H47NO4.C13H28O.C13H28.C9H20.C2H6/c1-3-4-5-6-7-8-9-10-11-15-23(2)22-29-24(28)16-14-18-25(19-21-27)17-12-13-20-26;1-4-5-6-7-8-9-10-13(2)11-12-14-3;1-3-5-7-9-11-13-12-10-8-6-4-2;1-3-5-7-9-8-6-4-2;1-2/h20,23,27H,3-19,21-22H2,1-2H3;13H,4-12H2,1-3H3;3-13H2,1-2H3;3-9H2,1-2H3;1-2H3. The lowest BCUT2D eigenvalue weighted by molar-refractivity contribution is -0.145. The van der Waals surface area contributed by atoms with Crippen LogP contribution >= 0.6 is 0 Å². The van der Waals surface area contributed by atoms with Crippen LogP contribution in [0.25, 0.3) is 0 Å². The van der Waals surface area contributed by atoms with E-state index in [9.17, 15) is 9.59 Å². The van der Waals surface area contributed by atoms with Gasteiger partial charge in [0.25, 0.3) is 0 Å². The van der Waals surface area contributed by atoms with E-state index in [0.717, 1.165) is 51.2 Å². The predicted octanol–water partition coefficient (Wildman–Crippen LogP) is 19.7. The molecule has 0 aliphatic heterocycles. The summed E-state index contributed by atoms with van der Waals surface area (Å²) in [6.45, 7) is 25.8. The lowest BCUT2D eigenvalue weighted by Crippen LogP contribution is -2.29. The van der Waals surface area contributed by atoms with Gasteiger partial charge in [-0.2, -0.15) is 0 Å². The van der Waals surface area contributed by atoms with Gasteiger partial charge in [-0.15, -0.1) is 0 Å². The Morgan fingerprint density at radius 1 is 0.463 bits per heavy atom. The van der Waals surface area contributed by atoms with E-state index in [1.54, 1.807) is 7.11 Å². The zero-order valence-electron chi connectivity index (χ0n) is 48.3. The SMILES string of the molecule is CC.CCCCCCCCC.CCCCCCCCC(C)CCOC.CCCCCCCCCCCC(C)COC(=O)CCCN(CCO)CCCC=O.CCCCCCCCCCCCC. The summed E-state index contributed by atoms with van der Waals surface area (Å²) in [5.41, 5.74) is 0. The average molecular weight is 957 g/mol. The molecule has 0 saturated carbocycles. The number of carbonyl (C=O) groups excluding carboxylic acids is 2. The predicted molar refractivity (Wildman–Crippen MR) is 301 cm³/mol. The molecule has 0 amide bonds. The second-order valence-electron chi connectivity index (χ2n) is 19.8. The molecule has 0 heterocycles. The van der Waals surface area contributed by atoms with Crippen molar-refractivity contribution in [1.29, 1.82) is 0 Å². The number of nitrogens with zero attached hydrogens (tertiary/aromatic N) is 1. The Balaban J connectivity index is -0.000000281. The molecule has 67 heavy (non-hydrogen) atoms. The number of esters is 1. The Morgan fingerprint density at radius 2 is 0.791 bits per heavy atom. The Bertz CT molecular complexity index is 809. The van der Waals surface area contributed by atoms with Crippen LogP contribution in [0.1, 0.15) is 326 Å². The molecule has 0 fully saturated rings. The van der Waals surface area contributed by atoms with Crippen LogP contribution < -0.4 is 0 Å². The van der Waals surface area contributed by atoms with Gasteiger partial charge in [-0.25, -0.2) is 0 Å². The summed E-state index contributed by atoms with van der Waals surface area (Å²) >= 11 is 0. The highest BCUT2D eigenvalue weighted by Gasteiger charge is 2.10. The molecule has 1 N–H and O–H groups in total. The molecule has 0 bridgehead atoms. The monoisotopic (exact) mass is 956 g/mol. The van der Waals surface area contributed by atoms with Crippen molar-refractivity contribution in [2.45, 2.75) is 326 Å². The molecule has 2 unspecified atom stereocenters. The van der Waals surface area contributed by atoms with Gasteiger partial charge in [0, 0.05) is 33.1 Å². The summed E-state index contributed by atoms with van der Waals surface area (Å²) in [7, 11) is 1.79. The maximum Gasteiger partial charge on any atom is 0.305 e. The molecule has 6 heteroatoms. The van der Waals surface area contributed by atoms with E-state index in [1.807, 2.05) is 13.8 Å². The first-order valence-electron chi connectivity index (χ1n) is 30.2. The fraction of sp³-hybridized carbons (Fsp3) is 0.967. The Kier molecular flexibility index (Phi) is 82.8. The maximum atomic E-state index is 11.9. The molecule has 0 aromatic carbocycles. The third-order valence-corrected chi connectivity index (χ3v) is 12.7. The minimum Gasteiger partial charge on any atom is -0.465 e. The van der Waals surface area contributed by atoms with Gasteiger partial charge in [0.15, 0.2) is 0 Å². The van der Waals surface area contributed by atoms with Crippen molar-refractivity contribution >= 4 is 12.3 Å². The summed E-state index contributed by atoms with van der Waals surface area (Å²) in [6.07, 6.45) is 53.6. The highest BCUT2D eigenvalue weighted by Crippen LogP contribution is 2.16. The molecule has 0 rings (SSSR count). The molecule has 408 valence electrons. The van der Waals surface area contributed by atoms with Crippen LogP contribution in [0.15, 0.2) is 0 Å². The molecule has 0 saturated heterocycles. The van der Waals surface area contributed by atoms with Crippen LogP contribution in [0.4, 0.5) is 0 Å². The molecule has 0 aromatic rings. The number of carbonyl (C=O) groups is 2. The molecule has 0 spiro atoms. The smallest absolute Gasteiger partial charge is 0.305 e. The third-order valence-electron chi connectivity index (χ3n) is 12.7. The quantitative estimate of drug-likeness (QED) is 0.0372. The largest absolute Gasteiger partial charge is 0.465 e. The molecule has 0 radical (unpaired) electrons. The van der Waals surface area contributed by atoms with Gasteiger partial charge in [0.1, 0.15) is 6.29 Å². The summed E-state index contributed by atoms with van der Waals surface area (Å²) in [5, 5.41) is 9.11. The van der Waals surface area contributed by atoms with Crippen LogP contribution in [-0.4, -0.2) is 68.8 Å². The number of aldehydes is 1. The van der Waals surface area contributed by atoms with Crippen LogP contribution in [0.3, 0.4) is 0 Å². The first kappa shape index (κ1) is 75.0. The lowest BCUT2D eigenvalue weighted by atomic mass is 9.99. The van der Waals surface area contributed by atoms with E-state index < -0.39 is 0 Å². The summed E-state index contributed by atoms with van der Waals surface area (Å²) in [5.74, 6) is 1.15. The van der Waals surface area contributed by atoms with Gasteiger partial charge in [0.2, 0.25) is 0 Å². The van der Waals surface area contributed by atoms with E-state index in [4.69, 9.17) is 14.6 Å². The highest BCUT2D eigenvalue weighted by molar-refractivity contribution is 5.69. The van der Waals surface area contributed by atoms with Crippen LogP contribution in [0.2, 0.25) is 0 Å². The molecule has 0 aliphatic carbocycles. The Hall–Kier alpha value is -0.980. The van der Waals surface area contributed by atoms with E-state index in [2.05, 4.69) is 60.3 Å². The van der Waals surface area contributed by atoms with Gasteiger partial charge in [-0.05, 0) is 50.6 Å². The number of aliphatic hydroxyl groups excluding tert-OH is 1. The van der Waals surface area contributed by atoms with Crippen LogP contribution in [0.5, 0.6) is 0 Å². The van der Waals surface area contributed by atoms with Crippen LogP contribution in [0, 0.1) is 11.8 Å². The minimum absolute atomic E-state index is 0.0991. The van der Waals surface area contributed by atoms with Crippen molar-refractivity contribution in [2.75, 3.05) is 46.6 Å². The van der Waals surface area contributed by atoms with Crippen molar-refractivity contribution in [3.8, 4) is 0 Å².